The summed E-state index contributed by atoms with van der Waals surface area (Å²) in [4.78, 5) is 104. The second kappa shape index (κ2) is 13.1. The fourth-order valence-electron chi connectivity index (χ4n) is 7.66. The molecule has 0 fully saturated rings. The molecule has 56 heavy (non-hydrogen) atoms. The quantitative estimate of drug-likeness (QED) is 0.0622. The Morgan fingerprint density at radius 2 is 0.804 bits per heavy atom. The molecule has 0 aromatic heterocycles. The zero-order valence-corrected chi connectivity index (χ0v) is 31.2. The molecule has 16 heteroatoms. The summed E-state index contributed by atoms with van der Waals surface area (Å²) in [7, 11) is 0. The van der Waals surface area contributed by atoms with Crippen LogP contribution >= 0.6 is 0 Å². The minimum atomic E-state index is -1.44. The van der Waals surface area contributed by atoms with E-state index in [0.717, 1.165) is 28.0 Å². The second-order valence-electron chi connectivity index (χ2n) is 12.5. The Labute approximate surface area is 321 Å². The third-order valence-electron chi connectivity index (χ3n) is 9.80. The molecule has 2 N–H and O–H groups in total. The van der Waals surface area contributed by atoms with E-state index >= 15 is 0 Å². The molecular formula is C40H18N2O13Zn. The molecule has 0 spiro atoms. The summed E-state index contributed by atoms with van der Waals surface area (Å²) in [6.45, 7) is 0.292. The van der Waals surface area contributed by atoms with E-state index in [0.29, 0.717) is 43.1 Å². The summed E-state index contributed by atoms with van der Waals surface area (Å²) in [6.07, 6.45) is 0. The molecular weight excluding hydrogens is 782 g/mol. The van der Waals surface area contributed by atoms with Crippen molar-refractivity contribution in [2.75, 3.05) is 9.80 Å². The van der Waals surface area contributed by atoms with Crippen molar-refractivity contribution in [3.05, 3.63) is 118 Å². The molecule has 9 rings (SSSR count). The first kappa shape index (κ1) is 35.5. The number of carboxylic acids is 2. The number of aromatic carboxylic acids is 2. The SMILES string of the molecule is O=COc1cc(OC=O)cc(N2C(=O)c3ccc4c5ccc6c7c(ccc(c8ccc(c3c48)C2=O)c75)C(=O)N(c2cc(C(=O)O)cc(C(=O)O)c2)C6=O)c1.[O]=[Zn]. The van der Waals surface area contributed by atoms with Crippen LogP contribution in [-0.4, -0.2) is 58.7 Å². The van der Waals surface area contributed by atoms with Gasteiger partial charge < -0.3 is 19.7 Å². The van der Waals surface area contributed by atoms with Gasteiger partial charge in [-0.05, 0) is 74.8 Å². The van der Waals surface area contributed by atoms with Gasteiger partial charge >= 0.3 is 33.8 Å². The van der Waals surface area contributed by atoms with Gasteiger partial charge in [-0.15, -0.1) is 0 Å². The van der Waals surface area contributed by atoms with E-state index in [1.165, 1.54) is 30.3 Å². The number of carboxylic acid groups (broad SMARTS) is 2. The Morgan fingerprint density at radius 3 is 1.11 bits per heavy atom. The number of rotatable bonds is 8. The van der Waals surface area contributed by atoms with Crippen LogP contribution in [0.2, 0.25) is 0 Å². The molecule has 0 saturated carbocycles. The first-order valence-corrected chi connectivity index (χ1v) is 17.5. The third kappa shape index (κ3) is 5.00. The van der Waals surface area contributed by atoms with Crippen molar-refractivity contribution in [3.8, 4) is 11.5 Å². The van der Waals surface area contributed by atoms with Gasteiger partial charge in [0.2, 0.25) is 0 Å². The molecule has 15 nitrogen and oxygen atoms in total. The fraction of sp³-hybridized carbons (Fsp3) is 0. The second-order valence-corrected chi connectivity index (χ2v) is 12.5. The van der Waals surface area contributed by atoms with Crippen LogP contribution < -0.4 is 19.3 Å². The van der Waals surface area contributed by atoms with Crippen LogP contribution in [0.4, 0.5) is 11.4 Å². The van der Waals surface area contributed by atoms with Crippen LogP contribution in [0.15, 0.2) is 84.9 Å². The van der Waals surface area contributed by atoms with Crippen LogP contribution in [0.1, 0.15) is 62.1 Å². The molecule has 0 aliphatic carbocycles. The number of carbonyl (C=O) groups is 8. The van der Waals surface area contributed by atoms with Gasteiger partial charge in [-0.2, -0.15) is 0 Å². The van der Waals surface area contributed by atoms with Crippen LogP contribution in [0.3, 0.4) is 0 Å². The Bertz CT molecular complexity index is 2830. The zero-order chi connectivity index (χ0) is 39.7. The number of hydrogen-bond donors (Lipinski definition) is 2. The van der Waals surface area contributed by atoms with E-state index in [4.69, 9.17) is 13.0 Å². The van der Waals surface area contributed by atoms with Gasteiger partial charge in [0.05, 0.1) is 22.5 Å². The number of carbonyl (C=O) groups excluding carboxylic acids is 6. The summed E-state index contributed by atoms with van der Waals surface area (Å²) in [5.74, 6) is -6.00. The average molecular weight is 800 g/mol. The van der Waals surface area contributed by atoms with Crippen molar-refractivity contribution >= 4 is 103 Å². The molecule has 2 heterocycles. The summed E-state index contributed by atoms with van der Waals surface area (Å²) in [5.41, 5.74) is -0.459. The van der Waals surface area contributed by atoms with Crippen molar-refractivity contribution in [1.29, 1.82) is 0 Å². The summed E-state index contributed by atoms with van der Waals surface area (Å²) >= 11 is 0.125. The first-order valence-electron chi connectivity index (χ1n) is 16.3. The summed E-state index contributed by atoms with van der Waals surface area (Å²) in [5, 5.41) is 23.6. The standard InChI is InChI=1S/C40H18N2O12.O.Zn/c43-15-53-21-12-20(13-22(14-21)54-16-44)42-37(47)29-7-3-25-23-1-5-27-33-28(6-2-24(31(23)33)26-4-8-30(38(42)48)34(29)32(25)26)36(46)41(35(27)45)19-10-17(39(49)50)9-18(11-19)40(51)52;;/h1-16H,(H,49,50)(H,51,52);;. The van der Waals surface area contributed by atoms with Crippen molar-refractivity contribution in [1.82, 2.24) is 0 Å². The number of nitrogens with zero attached hydrogens (tertiary/aromatic N) is 2. The van der Waals surface area contributed by atoms with Gasteiger partial charge in [-0.25, -0.2) is 19.4 Å². The number of amides is 4. The Hall–Kier alpha value is -7.58. The van der Waals surface area contributed by atoms with Gasteiger partial charge in [0, 0.05) is 51.2 Å². The van der Waals surface area contributed by atoms with Crippen molar-refractivity contribution in [2.24, 2.45) is 0 Å². The molecule has 2 aliphatic rings. The first-order chi connectivity index (χ1) is 27.0. The Kier molecular flexibility index (Phi) is 8.28. The molecule has 2 aliphatic heterocycles. The number of ether oxygens (including phenoxy) is 2. The molecule has 4 amide bonds. The predicted octanol–water partition coefficient (Wildman–Crippen LogP) is 5.68. The van der Waals surface area contributed by atoms with Gasteiger partial charge in [-0.3, -0.25) is 28.8 Å². The van der Waals surface area contributed by atoms with E-state index in [1.54, 1.807) is 36.4 Å². The Balaban J connectivity index is 0.00000217. The Morgan fingerprint density at radius 1 is 0.482 bits per heavy atom. The molecule has 0 bridgehead atoms. The van der Waals surface area contributed by atoms with E-state index in [1.807, 2.05) is 0 Å². The number of fused-ring (bicyclic) bond motifs is 2. The van der Waals surface area contributed by atoms with Gasteiger partial charge in [0.1, 0.15) is 11.5 Å². The molecule has 7 aromatic carbocycles. The van der Waals surface area contributed by atoms with E-state index in [-0.39, 0.29) is 76.3 Å². The number of hydrogen-bond acceptors (Lipinski definition) is 11. The maximum absolute atomic E-state index is 14.1. The van der Waals surface area contributed by atoms with Crippen molar-refractivity contribution in [3.63, 3.8) is 0 Å². The minimum absolute atomic E-state index is 0.0119. The topological polar surface area (TPSA) is 219 Å². The average Bonchev–Trinajstić information content (AvgIpc) is 3.19. The number of imide groups is 2. The zero-order valence-electron chi connectivity index (χ0n) is 28.2. The maximum atomic E-state index is 14.1. The molecule has 268 valence electrons. The van der Waals surface area contributed by atoms with Crippen LogP contribution in [0.5, 0.6) is 11.5 Å². The van der Waals surface area contributed by atoms with E-state index < -0.39 is 46.7 Å². The predicted molar refractivity (Wildman–Crippen MR) is 191 cm³/mol. The van der Waals surface area contributed by atoms with Gasteiger partial charge in [-0.1, -0.05) is 24.3 Å². The van der Waals surface area contributed by atoms with Gasteiger partial charge in [0.25, 0.3) is 36.6 Å². The van der Waals surface area contributed by atoms with Crippen molar-refractivity contribution < 1.29 is 79.9 Å². The fourth-order valence-corrected chi connectivity index (χ4v) is 7.66. The molecule has 0 unspecified atom stereocenters. The van der Waals surface area contributed by atoms with Crippen LogP contribution in [-0.2, 0) is 31.4 Å². The van der Waals surface area contributed by atoms with Crippen LogP contribution in [0, 0.1) is 0 Å². The normalized spacial score (nSPS) is 13.3. The monoisotopic (exact) mass is 798 g/mol. The van der Waals surface area contributed by atoms with Crippen molar-refractivity contribution in [2.45, 2.75) is 0 Å². The van der Waals surface area contributed by atoms with Gasteiger partial charge in [0.15, 0.2) is 0 Å². The number of benzene rings is 7. The van der Waals surface area contributed by atoms with E-state index in [9.17, 15) is 48.6 Å². The summed E-state index contributed by atoms with van der Waals surface area (Å²) in [6, 6.07) is 19.8. The molecule has 0 radical (unpaired) electrons. The molecule has 0 atom stereocenters. The molecule has 0 saturated heterocycles. The number of anilines is 2. The van der Waals surface area contributed by atoms with Crippen LogP contribution in [0.25, 0.3) is 43.1 Å². The van der Waals surface area contributed by atoms with E-state index in [2.05, 4.69) is 0 Å². The molecule has 7 aromatic rings. The third-order valence-corrected chi connectivity index (χ3v) is 9.80. The summed E-state index contributed by atoms with van der Waals surface area (Å²) < 4.78 is 18.2.